The number of morpholine rings is 1. The minimum absolute atomic E-state index is 0.228. The Balaban J connectivity index is 1.27. The molecule has 0 spiro atoms. The van der Waals surface area contributed by atoms with Crippen molar-refractivity contribution in [3.63, 3.8) is 0 Å². The summed E-state index contributed by atoms with van der Waals surface area (Å²) in [5, 5.41) is 15.0. The molecule has 2 aliphatic rings. The van der Waals surface area contributed by atoms with Crippen LogP contribution in [0, 0.1) is 0 Å². The molecular formula is C25H26N4O4. The maximum atomic E-state index is 13.2. The predicted octanol–water partition coefficient (Wildman–Crippen LogP) is 2.06. The first-order valence-electron chi connectivity index (χ1n) is 11.1. The van der Waals surface area contributed by atoms with E-state index in [0.29, 0.717) is 19.6 Å². The van der Waals surface area contributed by atoms with E-state index in [1.165, 1.54) is 0 Å². The predicted molar refractivity (Wildman–Crippen MR) is 120 cm³/mol. The fraction of sp³-hybridized carbons (Fsp3) is 0.320. The molecule has 2 amide bonds. The molecule has 3 heterocycles. The lowest BCUT2D eigenvalue weighted by Gasteiger charge is -2.38. The van der Waals surface area contributed by atoms with Gasteiger partial charge in [-0.2, -0.15) is 5.10 Å². The third kappa shape index (κ3) is 4.03. The van der Waals surface area contributed by atoms with Crippen molar-refractivity contribution in [2.75, 3.05) is 13.2 Å². The molecule has 8 heteroatoms. The van der Waals surface area contributed by atoms with Crippen molar-refractivity contribution in [2.24, 2.45) is 0 Å². The van der Waals surface area contributed by atoms with E-state index >= 15 is 0 Å². The standard InChI is InChI=1S/C25H26N4O4/c1-17(18-7-9-21(10-8-18)29-12-4-11-26-29)28-13-14-33-23(25(28)32)22(30)24(31)27-15-19-5-2-3-6-20(19)16-27/h2-12,17,22-23,30H,13-16H2,1H3/t17-,22-,23-/m1/s1. The minimum Gasteiger partial charge on any atom is -0.380 e. The number of nitrogens with zero attached hydrogens (tertiary/aromatic N) is 4. The lowest BCUT2D eigenvalue weighted by atomic mass is 10.0. The van der Waals surface area contributed by atoms with Crippen LogP contribution in [0.5, 0.6) is 0 Å². The van der Waals surface area contributed by atoms with Crippen LogP contribution in [0.25, 0.3) is 5.69 Å². The van der Waals surface area contributed by atoms with Gasteiger partial charge in [-0.05, 0) is 41.8 Å². The van der Waals surface area contributed by atoms with Gasteiger partial charge in [-0.3, -0.25) is 9.59 Å². The summed E-state index contributed by atoms with van der Waals surface area (Å²) in [6.07, 6.45) is 0.840. The van der Waals surface area contributed by atoms with Crippen molar-refractivity contribution in [2.45, 2.75) is 38.3 Å². The number of hydrogen-bond donors (Lipinski definition) is 1. The van der Waals surface area contributed by atoms with E-state index in [0.717, 1.165) is 22.4 Å². The molecule has 1 aromatic heterocycles. The van der Waals surface area contributed by atoms with Crippen molar-refractivity contribution in [3.8, 4) is 5.69 Å². The Morgan fingerprint density at radius 1 is 1.09 bits per heavy atom. The van der Waals surface area contributed by atoms with Crippen molar-refractivity contribution in [3.05, 3.63) is 83.7 Å². The second-order valence-corrected chi connectivity index (χ2v) is 8.45. The van der Waals surface area contributed by atoms with Gasteiger partial charge in [0.2, 0.25) is 0 Å². The highest BCUT2D eigenvalue weighted by Crippen LogP contribution is 2.27. The Kier molecular flexibility index (Phi) is 5.70. The Labute approximate surface area is 192 Å². The highest BCUT2D eigenvalue weighted by atomic mass is 16.5. The number of benzene rings is 2. The second-order valence-electron chi connectivity index (χ2n) is 8.45. The Hall–Kier alpha value is -3.49. The number of rotatable bonds is 5. The van der Waals surface area contributed by atoms with E-state index in [1.54, 1.807) is 20.7 Å². The first-order chi connectivity index (χ1) is 16.0. The van der Waals surface area contributed by atoms with E-state index in [4.69, 9.17) is 4.74 Å². The SMILES string of the molecule is C[C@H](c1ccc(-n2cccn2)cc1)N1CCO[C@H]([C@@H](O)C(=O)N2Cc3ccccc3C2)C1=O. The molecule has 1 N–H and O–H groups in total. The van der Waals surface area contributed by atoms with Crippen molar-refractivity contribution < 1.29 is 19.4 Å². The zero-order valence-corrected chi connectivity index (χ0v) is 18.4. The molecule has 2 aliphatic heterocycles. The van der Waals surface area contributed by atoms with Crippen LogP contribution < -0.4 is 0 Å². The summed E-state index contributed by atoms with van der Waals surface area (Å²) in [5.41, 5.74) is 4.00. The summed E-state index contributed by atoms with van der Waals surface area (Å²) < 4.78 is 7.36. The van der Waals surface area contributed by atoms with E-state index in [2.05, 4.69) is 5.10 Å². The van der Waals surface area contributed by atoms with Gasteiger partial charge >= 0.3 is 0 Å². The summed E-state index contributed by atoms with van der Waals surface area (Å²) >= 11 is 0. The molecule has 0 radical (unpaired) electrons. The zero-order valence-electron chi connectivity index (χ0n) is 18.4. The lowest BCUT2D eigenvalue weighted by Crippen LogP contribution is -2.56. The van der Waals surface area contributed by atoms with Gasteiger partial charge in [0.1, 0.15) is 0 Å². The molecule has 5 rings (SSSR count). The third-order valence-electron chi connectivity index (χ3n) is 6.46. The fourth-order valence-electron chi connectivity index (χ4n) is 4.55. The van der Waals surface area contributed by atoms with E-state index in [1.807, 2.05) is 67.7 Å². The van der Waals surface area contributed by atoms with Crippen LogP contribution in [-0.2, 0) is 27.4 Å². The van der Waals surface area contributed by atoms with Crippen LogP contribution >= 0.6 is 0 Å². The van der Waals surface area contributed by atoms with Gasteiger partial charge in [-0.25, -0.2) is 4.68 Å². The molecule has 8 nitrogen and oxygen atoms in total. The topological polar surface area (TPSA) is 87.9 Å². The van der Waals surface area contributed by atoms with Gasteiger partial charge in [-0.1, -0.05) is 36.4 Å². The molecule has 2 aromatic carbocycles. The average molecular weight is 447 g/mol. The Morgan fingerprint density at radius 2 is 1.79 bits per heavy atom. The molecular weight excluding hydrogens is 420 g/mol. The number of carbonyl (C=O) groups is 2. The summed E-state index contributed by atoms with van der Waals surface area (Å²) in [7, 11) is 0. The number of ether oxygens (including phenoxy) is 1. The second kappa shape index (κ2) is 8.80. The molecule has 1 fully saturated rings. The molecule has 3 aromatic rings. The molecule has 0 unspecified atom stereocenters. The molecule has 1 saturated heterocycles. The average Bonchev–Trinajstić information content (AvgIpc) is 3.53. The van der Waals surface area contributed by atoms with Crippen molar-refractivity contribution >= 4 is 11.8 Å². The highest BCUT2D eigenvalue weighted by Gasteiger charge is 2.42. The number of carbonyl (C=O) groups excluding carboxylic acids is 2. The van der Waals surface area contributed by atoms with Crippen LogP contribution in [0.15, 0.2) is 67.0 Å². The van der Waals surface area contributed by atoms with Gasteiger partial charge in [0, 0.05) is 32.0 Å². The molecule has 33 heavy (non-hydrogen) atoms. The first-order valence-corrected chi connectivity index (χ1v) is 11.1. The molecule has 170 valence electrons. The maximum Gasteiger partial charge on any atom is 0.255 e. The van der Waals surface area contributed by atoms with Crippen LogP contribution in [0.1, 0.15) is 29.7 Å². The molecule has 0 bridgehead atoms. The van der Waals surface area contributed by atoms with E-state index in [9.17, 15) is 14.7 Å². The van der Waals surface area contributed by atoms with Gasteiger partial charge in [-0.15, -0.1) is 0 Å². The molecule has 0 saturated carbocycles. The number of fused-ring (bicyclic) bond motifs is 1. The quantitative estimate of drug-likeness (QED) is 0.648. The minimum atomic E-state index is -1.54. The summed E-state index contributed by atoms with van der Waals surface area (Å²) in [6, 6.07) is 17.2. The number of amides is 2. The van der Waals surface area contributed by atoms with Gasteiger partial charge < -0.3 is 19.6 Å². The van der Waals surface area contributed by atoms with Gasteiger partial charge in [0.05, 0.1) is 18.3 Å². The normalized spacial score (nSPS) is 19.9. The van der Waals surface area contributed by atoms with Crippen LogP contribution in [0.3, 0.4) is 0 Å². The summed E-state index contributed by atoms with van der Waals surface area (Å²) in [5.74, 6) is -0.856. The molecule has 0 aliphatic carbocycles. The maximum absolute atomic E-state index is 13.2. The highest BCUT2D eigenvalue weighted by molar-refractivity contribution is 5.91. The van der Waals surface area contributed by atoms with Gasteiger partial charge in [0.15, 0.2) is 12.2 Å². The number of hydrogen-bond acceptors (Lipinski definition) is 5. The number of aliphatic hydroxyl groups is 1. The van der Waals surface area contributed by atoms with Crippen molar-refractivity contribution in [1.29, 1.82) is 0 Å². The fourth-order valence-corrected chi connectivity index (χ4v) is 4.55. The van der Waals surface area contributed by atoms with E-state index < -0.39 is 18.1 Å². The monoisotopic (exact) mass is 446 g/mol. The number of aromatic nitrogens is 2. The smallest absolute Gasteiger partial charge is 0.255 e. The first kappa shape index (κ1) is 21.4. The third-order valence-corrected chi connectivity index (χ3v) is 6.46. The Bertz CT molecular complexity index is 1120. The van der Waals surface area contributed by atoms with Crippen molar-refractivity contribution in [1.82, 2.24) is 19.6 Å². The van der Waals surface area contributed by atoms with Crippen LogP contribution in [0.4, 0.5) is 0 Å². The largest absolute Gasteiger partial charge is 0.380 e. The molecule has 3 atom stereocenters. The Morgan fingerprint density at radius 3 is 2.42 bits per heavy atom. The lowest BCUT2D eigenvalue weighted by molar-refractivity contribution is -0.173. The van der Waals surface area contributed by atoms with Crippen LogP contribution in [-0.4, -0.2) is 61.9 Å². The zero-order chi connectivity index (χ0) is 22.9. The number of aliphatic hydroxyl groups excluding tert-OH is 1. The van der Waals surface area contributed by atoms with Crippen LogP contribution in [0.2, 0.25) is 0 Å². The summed E-state index contributed by atoms with van der Waals surface area (Å²) in [4.78, 5) is 29.4. The van der Waals surface area contributed by atoms with E-state index in [-0.39, 0.29) is 18.6 Å². The summed E-state index contributed by atoms with van der Waals surface area (Å²) in [6.45, 7) is 3.45. The van der Waals surface area contributed by atoms with Gasteiger partial charge in [0.25, 0.3) is 11.8 Å².